The van der Waals surface area contributed by atoms with E-state index >= 15 is 0 Å². The Bertz CT molecular complexity index is 2250. The second-order valence-corrected chi connectivity index (χ2v) is 10.8. The summed E-state index contributed by atoms with van der Waals surface area (Å²) in [5, 5.41) is 13.8. The normalized spacial score (nSPS) is 13.0. The van der Waals surface area contributed by atoms with E-state index in [-0.39, 0.29) is 29.0 Å². The fourth-order valence-electron chi connectivity index (χ4n) is 5.64. The molecule has 6 aromatic rings. The van der Waals surface area contributed by atoms with Crippen LogP contribution >= 0.6 is 0 Å². The molecule has 1 aliphatic rings. The summed E-state index contributed by atoms with van der Waals surface area (Å²) in [4.78, 5) is 33.2. The van der Waals surface area contributed by atoms with Crippen molar-refractivity contribution in [1.29, 1.82) is 0 Å². The first-order chi connectivity index (χ1) is 23.3. The Morgan fingerprint density at radius 2 is 1.61 bits per heavy atom. The number of nitrogens with zero attached hydrogens (tertiary/aromatic N) is 7. The van der Waals surface area contributed by atoms with E-state index in [1.807, 2.05) is 0 Å². The van der Waals surface area contributed by atoms with E-state index in [9.17, 15) is 35.9 Å². The van der Waals surface area contributed by atoms with Crippen LogP contribution in [0.25, 0.3) is 22.1 Å². The highest BCUT2D eigenvalue weighted by molar-refractivity contribution is 6.25. The number of amides is 2. The summed E-state index contributed by atoms with van der Waals surface area (Å²) in [7, 11) is 1.52. The summed E-state index contributed by atoms with van der Waals surface area (Å²) >= 11 is 0. The van der Waals surface area contributed by atoms with Crippen molar-refractivity contribution in [2.24, 2.45) is 0 Å². The third-order valence-electron chi connectivity index (χ3n) is 7.81. The lowest BCUT2D eigenvalue weighted by atomic mass is 10.1. The summed E-state index contributed by atoms with van der Waals surface area (Å²) in [6, 6.07) is 14.1. The Morgan fingerprint density at radius 1 is 0.878 bits per heavy atom. The van der Waals surface area contributed by atoms with Gasteiger partial charge in [0.2, 0.25) is 0 Å². The maximum Gasteiger partial charge on any atom is 0.434 e. The third kappa shape index (κ3) is 5.47. The van der Waals surface area contributed by atoms with Gasteiger partial charge < -0.3 is 10.1 Å². The number of carbonyl (C=O) groups excluding carboxylic acids is 2. The van der Waals surface area contributed by atoms with Crippen LogP contribution in [-0.2, 0) is 18.9 Å². The number of methoxy groups -OCH3 is 1. The molecule has 0 saturated heterocycles. The van der Waals surface area contributed by atoms with E-state index in [1.165, 1.54) is 42.6 Å². The molecule has 0 aliphatic carbocycles. The molecular weight excluding hydrogens is 658 g/mol. The minimum atomic E-state index is -5.16. The van der Waals surface area contributed by atoms with E-state index in [1.54, 1.807) is 24.3 Å². The highest BCUT2D eigenvalue weighted by atomic mass is 19.4. The Morgan fingerprint density at radius 3 is 2.29 bits per heavy atom. The van der Waals surface area contributed by atoms with Crippen molar-refractivity contribution in [1.82, 2.24) is 29.8 Å². The fourth-order valence-corrected chi connectivity index (χ4v) is 5.64. The van der Waals surface area contributed by atoms with Crippen LogP contribution < -0.4 is 15.0 Å². The van der Waals surface area contributed by atoms with Crippen molar-refractivity contribution in [3.05, 3.63) is 113 Å². The monoisotopic (exact) mass is 678 g/mol. The quantitative estimate of drug-likeness (QED) is 0.193. The number of aromatic nitrogens is 6. The number of anilines is 2. The number of rotatable bonds is 7. The van der Waals surface area contributed by atoms with Crippen molar-refractivity contribution in [3.63, 3.8) is 0 Å². The van der Waals surface area contributed by atoms with Crippen LogP contribution in [0.15, 0.2) is 85.5 Å². The number of hydrogen-bond acceptors (Lipinski definition) is 7. The van der Waals surface area contributed by atoms with Gasteiger partial charge in [-0.3, -0.25) is 14.5 Å². The van der Waals surface area contributed by atoms with Crippen LogP contribution in [0.4, 0.5) is 37.8 Å². The average Bonchev–Trinajstić information content (AvgIpc) is 3.82. The predicted octanol–water partition coefficient (Wildman–Crippen LogP) is 6.46. The van der Waals surface area contributed by atoms with Crippen LogP contribution in [-0.4, -0.2) is 48.7 Å². The van der Waals surface area contributed by atoms with E-state index < -0.39 is 52.4 Å². The molecule has 4 heterocycles. The van der Waals surface area contributed by atoms with Crippen molar-refractivity contribution in [3.8, 4) is 17.1 Å². The Kier molecular flexibility index (Phi) is 7.33. The number of alkyl halides is 6. The van der Waals surface area contributed by atoms with Crippen LogP contribution in [0.3, 0.4) is 0 Å². The molecule has 7 rings (SSSR count). The number of hydrogen-bond donors (Lipinski definition) is 1. The minimum Gasteiger partial charge on any atom is -0.497 e. The lowest BCUT2D eigenvalue weighted by Gasteiger charge is -2.18. The molecule has 0 radical (unpaired) electrons. The van der Waals surface area contributed by atoms with Gasteiger partial charge >= 0.3 is 12.4 Å². The molecule has 1 N–H and O–H groups in total. The van der Waals surface area contributed by atoms with Gasteiger partial charge in [-0.05, 0) is 42.0 Å². The topological polar surface area (TPSA) is 120 Å². The predicted molar refractivity (Wildman–Crippen MR) is 162 cm³/mol. The first kappa shape index (κ1) is 31.3. The highest BCUT2D eigenvalue weighted by Gasteiger charge is 2.42. The van der Waals surface area contributed by atoms with Crippen LogP contribution in [0, 0.1) is 0 Å². The molecule has 49 heavy (non-hydrogen) atoms. The summed E-state index contributed by atoms with van der Waals surface area (Å²) in [5.74, 6) is -0.936. The van der Waals surface area contributed by atoms with Crippen molar-refractivity contribution >= 4 is 34.1 Å². The molecule has 1 aliphatic heterocycles. The van der Waals surface area contributed by atoms with Gasteiger partial charge in [0.1, 0.15) is 11.6 Å². The van der Waals surface area contributed by atoms with Gasteiger partial charge in [0.25, 0.3) is 11.8 Å². The first-order valence-corrected chi connectivity index (χ1v) is 14.3. The SMILES string of the molecule is COc1ccc(CN2C(=O)c3cccc4c(-n5ncc(C(=O)Nc6ccc(-n7nccn7)c(C(F)(F)F)c6)c5C(F)(F)F)cnc2c34)cc1. The van der Waals surface area contributed by atoms with Gasteiger partial charge in [-0.15, -0.1) is 0 Å². The first-order valence-electron chi connectivity index (χ1n) is 14.3. The number of nitrogens with one attached hydrogen (secondary N) is 1. The van der Waals surface area contributed by atoms with Gasteiger partial charge in [-0.1, -0.05) is 24.3 Å². The molecule has 248 valence electrons. The number of benzene rings is 3. The van der Waals surface area contributed by atoms with E-state index in [4.69, 9.17) is 4.74 Å². The van der Waals surface area contributed by atoms with Gasteiger partial charge in [0, 0.05) is 16.5 Å². The second kappa shape index (κ2) is 11.5. The fraction of sp³-hybridized carbons (Fsp3) is 0.125. The van der Waals surface area contributed by atoms with Gasteiger partial charge in [-0.2, -0.15) is 46.4 Å². The molecular formula is C32H20F6N8O3. The molecule has 0 unspecified atom stereocenters. The van der Waals surface area contributed by atoms with Crippen LogP contribution in [0.5, 0.6) is 5.75 Å². The average molecular weight is 679 g/mol. The largest absolute Gasteiger partial charge is 0.497 e. The van der Waals surface area contributed by atoms with Crippen LogP contribution in [0.2, 0.25) is 0 Å². The standard InChI is InChI=1S/C32H20F6N8O3/c1-49-19-8-5-17(6-9-19)16-44-28-26-20(3-2-4-21(26)30(44)48)25(15-39-28)45-27(32(36,37)38)22(14-42-45)29(47)43-18-7-10-24(46-40-11-12-41-46)23(13-18)31(33,34)35/h2-15H,16H2,1H3,(H,43,47). The minimum absolute atomic E-state index is 0.119. The summed E-state index contributed by atoms with van der Waals surface area (Å²) in [6.07, 6.45) is -5.97. The van der Waals surface area contributed by atoms with Crippen molar-refractivity contribution in [2.75, 3.05) is 17.3 Å². The highest BCUT2D eigenvalue weighted by Crippen LogP contribution is 2.41. The van der Waals surface area contributed by atoms with E-state index in [2.05, 4.69) is 25.6 Å². The molecule has 0 fully saturated rings. The van der Waals surface area contributed by atoms with Gasteiger partial charge in [0.15, 0.2) is 5.69 Å². The molecule has 0 atom stereocenters. The Hall–Kier alpha value is -6.26. The maximum absolute atomic E-state index is 14.7. The van der Waals surface area contributed by atoms with Crippen LogP contribution in [0.1, 0.15) is 37.5 Å². The zero-order valence-electron chi connectivity index (χ0n) is 24.9. The summed E-state index contributed by atoms with van der Waals surface area (Å²) in [6.45, 7) is 0.119. The summed E-state index contributed by atoms with van der Waals surface area (Å²) in [5.41, 5.74) is -3.80. The lowest BCUT2D eigenvalue weighted by molar-refractivity contribution is -0.143. The molecule has 0 spiro atoms. The summed E-state index contributed by atoms with van der Waals surface area (Å²) < 4.78 is 91.3. The zero-order valence-corrected chi connectivity index (χ0v) is 24.9. The van der Waals surface area contributed by atoms with Crippen molar-refractivity contribution in [2.45, 2.75) is 18.9 Å². The second-order valence-electron chi connectivity index (χ2n) is 10.8. The molecule has 17 heteroatoms. The molecule has 11 nitrogen and oxygen atoms in total. The number of pyridine rings is 1. The molecule has 2 amide bonds. The Balaban J connectivity index is 1.26. The zero-order chi connectivity index (χ0) is 34.7. The Labute approximate surface area is 271 Å². The smallest absolute Gasteiger partial charge is 0.434 e. The van der Waals surface area contributed by atoms with Gasteiger partial charge in [-0.25, -0.2) is 9.67 Å². The number of ether oxygens (including phenoxy) is 1. The van der Waals surface area contributed by atoms with E-state index in [0.29, 0.717) is 28.1 Å². The molecule has 0 saturated carbocycles. The molecule has 0 bridgehead atoms. The van der Waals surface area contributed by atoms with E-state index in [0.717, 1.165) is 28.7 Å². The maximum atomic E-state index is 14.7. The lowest BCUT2D eigenvalue weighted by Crippen LogP contribution is -2.26. The van der Waals surface area contributed by atoms with Gasteiger partial charge in [0.05, 0.1) is 66.5 Å². The third-order valence-corrected chi connectivity index (χ3v) is 7.81. The molecule has 3 aromatic carbocycles. The number of halogens is 6. The number of carbonyl (C=O) groups is 2. The van der Waals surface area contributed by atoms with Crippen molar-refractivity contribution < 1.29 is 40.7 Å². The molecule has 3 aromatic heterocycles.